The summed E-state index contributed by atoms with van der Waals surface area (Å²) < 4.78 is 18.5. The highest BCUT2D eigenvalue weighted by molar-refractivity contribution is 7.13. The van der Waals surface area contributed by atoms with E-state index in [1.54, 1.807) is 30.6 Å². The molecule has 1 heterocycles. The van der Waals surface area contributed by atoms with E-state index in [1.807, 2.05) is 25.1 Å². The predicted octanol–water partition coefficient (Wildman–Crippen LogP) is 6.12. The van der Waals surface area contributed by atoms with Crippen molar-refractivity contribution in [2.75, 3.05) is 7.11 Å². The monoisotopic (exact) mass is 324 g/mol. The molecule has 0 radical (unpaired) electrons. The summed E-state index contributed by atoms with van der Waals surface area (Å²) in [5, 5.41) is 2.07. The molecule has 0 amide bonds. The number of hydrogen-bond acceptors (Lipinski definition) is 2. The number of benzene rings is 2. The number of rotatable bonds is 4. The first-order valence-electron chi connectivity index (χ1n) is 7.33. The Labute approximate surface area is 139 Å². The van der Waals surface area contributed by atoms with Crippen LogP contribution in [0.15, 0.2) is 60.0 Å². The first-order chi connectivity index (χ1) is 11.2. The molecule has 1 nitrogen and oxygen atoms in total. The van der Waals surface area contributed by atoms with Crippen molar-refractivity contribution < 1.29 is 9.13 Å². The summed E-state index contributed by atoms with van der Waals surface area (Å²) in [6, 6.07) is 16.8. The number of allylic oxidation sites excluding steroid dienone is 1. The molecule has 0 aliphatic heterocycles. The number of hydrogen-bond donors (Lipinski definition) is 0. The molecule has 0 saturated carbocycles. The Hall–Kier alpha value is -2.39. The summed E-state index contributed by atoms with van der Waals surface area (Å²) in [5.41, 5.74) is 4.25. The first-order valence-corrected chi connectivity index (χ1v) is 8.21. The van der Waals surface area contributed by atoms with Gasteiger partial charge in [-0.3, -0.25) is 0 Å². The number of methoxy groups -OCH3 is 1. The van der Waals surface area contributed by atoms with E-state index in [0.717, 1.165) is 22.4 Å². The summed E-state index contributed by atoms with van der Waals surface area (Å²) in [6.07, 6.45) is 2.04. The van der Waals surface area contributed by atoms with Gasteiger partial charge in [0.15, 0.2) is 0 Å². The lowest BCUT2D eigenvalue weighted by molar-refractivity contribution is 0.413. The molecule has 0 spiro atoms. The molecule has 0 N–H and O–H groups in total. The third-order valence-electron chi connectivity index (χ3n) is 3.68. The highest BCUT2D eigenvalue weighted by atomic mass is 32.1. The van der Waals surface area contributed by atoms with Crippen LogP contribution in [-0.2, 0) is 0 Å². The molecule has 0 aliphatic carbocycles. The maximum Gasteiger partial charge on any atom is 0.126 e. The fourth-order valence-electron chi connectivity index (χ4n) is 2.50. The molecule has 0 atom stereocenters. The van der Waals surface area contributed by atoms with E-state index >= 15 is 0 Å². The third-order valence-corrected chi connectivity index (χ3v) is 4.60. The Morgan fingerprint density at radius 1 is 1.09 bits per heavy atom. The molecule has 0 bridgehead atoms. The van der Waals surface area contributed by atoms with Gasteiger partial charge in [-0.15, -0.1) is 11.3 Å². The van der Waals surface area contributed by atoms with Gasteiger partial charge in [0.05, 0.1) is 7.11 Å². The first kappa shape index (κ1) is 15.5. The summed E-state index contributed by atoms with van der Waals surface area (Å²) in [7, 11) is 1.68. The summed E-state index contributed by atoms with van der Waals surface area (Å²) >= 11 is 1.71. The number of halogens is 1. The van der Waals surface area contributed by atoms with E-state index in [2.05, 4.69) is 23.6 Å². The van der Waals surface area contributed by atoms with Crippen LogP contribution < -0.4 is 4.74 Å². The lowest BCUT2D eigenvalue weighted by atomic mass is 10.00. The van der Waals surface area contributed by atoms with Crippen LogP contribution in [0.2, 0.25) is 0 Å². The van der Waals surface area contributed by atoms with Crippen LogP contribution in [0.5, 0.6) is 5.75 Å². The van der Waals surface area contributed by atoms with E-state index in [4.69, 9.17) is 4.74 Å². The largest absolute Gasteiger partial charge is 0.496 e. The average molecular weight is 324 g/mol. The van der Waals surface area contributed by atoms with E-state index in [0.29, 0.717) is 0 Å². The Balaban J connectivity index is 2.02. The van der Waals surface area contributed by atoms with Crippen LogP contribution in [0.4, 0.5) is 4.39 Å². The quantitative estimate of drug-likeness (QED) is 0.525. The molecule has 1 aromatic heterocycles. The van der Waals surface area contributed by atoms with Crippen molar-refractivity contribution in [3.63, 3.8) is 0 Å². The second kappa shape index (κ2) is 6.80. The number of thiophene rings is 1. The van der Waals surface area contributed by atoms with Crippen molar-refractivity contribution in [2.24, 2.45) is 0 Å². The van der Waals surface area contributed by atoms with Gasteiger partial charge in [0.25, 0.3) is 0 Å². The average Bonchev–Trinajstić information content (AvgIpc) is 3.11. The summed E-state index contributed by atoms with van der Waals surface area (Å²) in [5.74, 6) is 0.609. The zero-order valence-corrected chi connectivity index (χ0v) is 13.9. The van der Waals surface area contributed by atoms with E-state index in [1.165, 1.54) is 22.6 Å². The number of ether oxygens (including phenoxy) is 1. The minimum Gasteiger partial charge on any atom is -0.496 e. The Kier molecular flexibility index (Phi) is 4.58. The van der Waals surface area contributed by atoms with Gasteiger partial charge in [-0.05, 0) is 65.4 Å². The highest BCUT2D eigenvalue weighted by Gasteiger charge is 2.08. The lowest BCUT2D eigenvalue weighted by Gasteiger charge is -2.11. The van der Waals surface area contributed by atoms with E-state index < -0.39 is 0 Å². The SMILES string of the molecule is COc1ccc(-c2cccs2)cc1C(C)=Cc1ccc(F)cc1. The summed E-state index contributed by atoms with van der Waals surface area (Å²) in [6.45, 7) is 2.04. The zero-order valence-electron chi connectivity index (χ0n) is 13.0. The molecular weight excluding hydrogens is 307 g/mol. The highest BCUT2D eigenvalue weighted by Crippen LogP contribution is 2.33. The lowest BCUT2D eigenvalue weighted by Crippen LogP contribution is -1.91. The molecule has 2 aromatic carbocycles. The van der Waals surface area contributed by atoms with Gasteiger partial charge in [-0.25, -0.2) is 4.39 Å². The third kappa shape index (κ3) is 3.51. The van der Waals surface area contributed by atoms with Crippen molar-refractivity contribution in [1.82, 2.24) is 0 Å². The zero-order chi connectivity index (χ0) is 16.2. The van der Waals surface area contributed by atoms with Gasteiger partial charge in [-0.2, -0.15) is 0 Å². The van der Waals surface area contributed by atoms with Gasteiger partial charge in [0, 0.05) is 10.4 Å². The minimum atomic E-state index is -0.225. The van der Waals surface area contributed by atoms with Crippen molar-refractivity contribution in [2.45, 2.75) is 6.92 Å². The fourth-order valence-corrected chi connectivity index (χ4v) is 3.22. The van der Waals surface area contributed by atoms with Crippen molar-refractivity contribution in [3.8, 4) is 16.2 Å². The smallest absolute Gasteiger partial charge is 0.126 e. The second-order valence-electron chi connectivity index (χ2n) is 5.27. The molecule has 0 unspecified atom stereocenters. The molecule has 116 valence electrons. The van der Waals surface area contributed by atoms with Crippen LogP contribution in [0, 0.1) is 5.82 Å². The molecule has 0 saturated heterocycles. The minimum absolute atomic E-state index is 0.225. The standard InChI is InChI=1S/C20H17FOS/c1-14(12-15-5-8-17(21)9-6-15)18-13-16(7-10-19(18)22-2)20-4-3-11-23-20/h3-13H,1-2H3. The van der Waals surface area contributed by atoms with Crippen LogP contribution in [0.3, 0.4) is 0 Å². The van der Waals surface area contributed by atoms with Crippen LogP contribution in [0.1, 0.15) is 18.1 Å². The molecule has 0 fully saturated rings. The fraction of sp³-hybridized carbons (Fsp3) is 0.100. The van der Waals surface area contributed by atoms with Crippen molar-refractivity contribution in [3.05, 3.63) is 76.9 Å². The molecule has 23 heavy (non-hydrogen) atoms. The molecular formula is C20H17FOS. The van der Waals surface area contributed by atoms with Gasteiger partial charge in [0.2, 0.25) is 0 Å². The normalized spacial score (nSPS) is 11.5. The van der Waals surface area contributed by atoms with E-state index in [-0.39, 0.29) is 5.82 Å². The van der Waals surface area contributed by atoms with Crippen molar-refractivity contribution in [1.29, 1.82) is 0 Å². The Morgan fingerprint density at radius 2 is 1.87 bits per heavy atom. The van der Waals surface area contributed by atoms with Gasteiger partial charge in [0.1, 0.15) is 11.6 Å². The second-order valence-corrected chi connectivity index (χ2v) is 6.22. The molecule has 0 aliphatic rings. The van der Waals surface area contributed by atoms with E-state index in [9.17, 15) is 4.39 Å². The van der Waals surface area contributed by atoms with Gasteiger partial charge < -0.3 is 4.74 Å². The van der Waals surface area contributed by atoms with Crippen LogP contribution >= 0.6 is 11.3 Å². The Bertz CT molecular complexity index is 817. The predicted molar refractivity (Wildman–Crippen MR) is 96.3 cm³/mol. The Morgan fingerprint density at radius 3 is 2.52 bits per heavy atom. The topological polar surface area (TPSA) is 9.23 Å². The van der Waals surface area contributed by atoms with Crippen LogP contribution in [-0.4, -0.2) is 7.11 Å². The van der Waals surface area contributed by atoms with Crippen LogP contribution in [0.25, 0.3) is 22.1 Å². The van der Waals surface area contributed by atoms with Gasteiger partial charge >= 0.3 is 0 Å². The molecule has 3 rings (SSSR count). The molecule has 3 aromatic rings. The van der Waals surface area contributed by atoms with Crippen molar-refractivity contribution >= 4 is 23.0 Å². The van der Waals surface area contributed by atoms with Gasteiger partial charge in [-0.1, -0.05) is 24.3 Å². The maximum atomic E-state index is 13.0. The molecule has 3 heteroatoms. The summed E-state index contributed by atoms with van der Waals surface area (Å²) in [4.78, 5) is 1.23. The maximum absolute atomic E-state index is 13.0.